The first-order valence-corrected chi connectivity index (χ1v) is 12.2. The fourth-order valence-corrected chi connectivity index (χ4v) is 4.65. The van der Waals surface area contributed by atoms with Gasteiger partial charge >= 0.3 is 0 Å². The molecule has 3 rings (SSSR count). The summed E-state index contributed by atoms with van der Waals surface area (Å²) < 4.78 is 2.06. The first-order valence-electron chi connectivity index (χ1n) is 12.2. The van der Waals surface area contributed by atoms with E-state index < -0.39 is 0 Å². The molecule has 32 heavy (non-hydrogen) atoms. The molecule has 0 N–H and O–H groups in total. The first-order chi connectivity index (χ1) is 15.4. The SMILES string of the molecule is CC(C)CN(Cc1cccn1C)C(=O)CN(C(=O)CCc1ccccc1)C1CCCCC1. The Bertz CT molecular complexity index is 853. The highest BCUT2D eigenvalue weighted by atomic mass is 16.2. The zero-order valence-corrected chi connectivity index (χ0v) is 20.0. The molecule has 0 saturated heterocycles. The Morgan fingerprint density at radius 2 is 1.72 bits per heavy atom. The average Bonchev–Trinajstić information content (AvgIpc) is 3.20. The topological polar surface area (TPSA) is 45.6 Å². The van der Waals surface area contributed by atoms with Crippen molar-refractivity contribution in [3.8, 4) is 0 Å². The molecule has 1 heterocycles. The van der Waals surface area contributed by atoms with Gasteiger partial charge in [-0.3, -0.25) is 9.59 Å². The summed E-state index contributed by atoms with van der Waals surface area (Å²) in [4.78, 5) is 30.6. The summed E-state index contributed by atoms with van der Waals surface area (Å²) in [5, 5.41) is 0. The third kappa shape index (κ3) is 6.98. The van der Waals surface area contributed by atoms with Gasteiger partial charge in [-0.2, -0.15) is 0 Å². The van der Waals surface area contributed by atoms with Gasteiger partial charge in [0.05, 0.1) is 6.54 Å². The minimum atomic E-state index is 0.0542. The third-order valence-electron chi connectivity index (χ3n) is 6.45. The fraction of sp³-hybridized carbons (Fsp3) is 0.556. The zero-order valence-electron chi connectivity index (χ0n) is 20.0. The molecule has 174 valence electrons. The molecule has 0 spiro atoms. The van der Waals surface area contributed by atoms with Crippen molar-refractivity contribution in [1.82, 2.24) is 14.4 Å². The molecule has 1 saturated carbocycles. The van der Waals surface area contributed by atoms with Crippen LogP contribution in [-0.2, 0) is 29.6 Å². The van der Waals surface area contributed by atoms with Crippen LogP contribution >= 0.6 is 0 Å². The molecule has 0 radical (unpaired) electrons. The monoisotopic (exact) mass is 437 g/mol. The van der Waals surface area contributed by atoms with Crippen LogP contribution in [0.5, 0.6) is 0 Å². The number of aryl methyl sites for hydroxylation is 2. The summed E-state index contributed by atoms with van der Waals surface area (Å²) in [6.07, 6.45) is 8.70. The molecule has 5 nitrogen and oxygen atoms in total. The second kappa shape index (κ2) is 11.9. The Kier molecular flexibility index (Phi) is 8.95. The van der Waals surface area contributed by atoms with E-state index in [1.54, 1.807) is 0 Å². The largest absolute Gasteiger partial charge is 0.353 e. The molecule has 0 atom stereocenters. The van der Waals surface area contributed by atoms with Crippen molar-refractivity contribution in [2.24, 2.45) is 13.0 Å². The Morgan fingerprint density at radius 1 is 1.00 bits per heavy atom. The summed E-state index contributed by atoms with van der Waals surface area (Å²) >= 11 is 0. The van der Waals surface area contributed by atoms with Gasteiger partial charge in [-0.25, -0.2) is 0 Å². The van der Waals surface area contributed by atoms with Crippen molar-refractivity contribution >= 4 is 11.8 Å². The van der Waals surface area contributed by atoms with E-state index in [9.17, 15) is 9.59 Å². The molecule has 1 aliphatic rings. The Labute approximate surface area is 193 Å². The molecule has 5 heteroatoms. The number of benzene rings is 1. The van der Waals surface area contributed by atoms with Crippen molar-refractivity contribution in [1.29, 1.82) is 0 Å². The molecule has 1 fully saturated rings. The Balaban J connectivity index is 1.71. The van der Waals surface area contributed by atoms with Gasteiger partial charge in [-0.05, 0) is 42.9 Å². The van der Waals surface area contributed by atoms with Gasteiger partial charge < -0.3 is 14.4 Å². The van der Waals surface area contributed by atoms with Crippen molar-refractivity contribution < 1.29 is 9.59 Å². The zero-order chi connectivity index (χ0) is 22.9. The number of carbonyl (C=O) groups excluding carboxylic acids is 2. The second-order valence-corrected chi connectivity index (χ2v) is 9.58. The molecule has 2 aromatic rings. The molecule has 0 bridgehead atoms. The van der Waals surface area contributed by atoms with Crippen molar-refractivity contribution in [3.05, 3.63) is 59.9 Å². The maximum atomic E-state index is 13.5. The van der Waals surface area contributed by atoms with E-state index in [0.717, 1.165) is 37.8 Å². The van der Waals surface area contributed by atoms with Gasteiger partial charge in [0.15, 0.2) is 0 Å². The summed E-state index contributed by atoms with van der Waals surface area (Å²) in [6, 6.07) is 14.4. The summed E-state index contributed by atoms with van der Waals surface area (Å²) in [5.74, 6) is 0.534. The number of rotatable bonds is 10. The van der Waals surface area contributed by atoms with Crippen LogP contribution in [0.2, 0.25) is 0 Å². The number of hydrogen-bond donors (Lipinski definition) is 0. The summed E-state index contributed by atoms with van der Waals surface area (Å²) in [6.45, 7) is 5.73. The van der Waals surface area contributed by atoms with Crippen LogP contribution in [-0.4, -0.2) is 45.3 Å². The number of aromatic nitrogens is 1. The first kappa shape index (κ1) is 24.1. The number of amides is 2. The molecular weight excluding hydrogens is 398 g/mol. The number of nitrogens with zero attached hydrogens (tertiary/aromatic N) is 3. The molecule has 1 aromatic carbocycles. The molecule has 1 aliphatic carbocycles. The summed E-state index contributed by atoms with van der Waals surface area (Å²) in [5.41, 5.74) is 2.28. The number of hydrogen-bond acceptors (Lipinski definition) is 2. The van der Waals surface area contributed by atoms with Crippen LogP contribution < -0.4 is 0 Å². The van der Waals surface area contributed by atoms with Crippen LogP contribution in [0.15, 0.2) is 48.7 Å². The molecule has 2 amide bonds. The van der Waals surface area contributed by atoms with Crippen LogP contribution in [0, 0.1) is 5.92 Å². The fourth-order valence-electron chi connectivity index (χ4n) is 4.65. The van der Waals surface area contributed by atoms with Crippen LogP contribution in [0.1, 0.15) is 63.6 Å². The van der Waals surface area contributed by atoms with Crippen LogP contribution in [0.4, 0.5) is 0 Å². The van der Waals surface area contributed by atoms with Crippen molar-refractivity contribution in [3.63, 3.8) is 0 Å². The molecular formula is C27H39N3O2. The van der Waals surface area contributed by atoms with Gasteiger partial charge in [0, 0.05) is 37.9 Å². The van der Waals surface area contributed by atoms with E-state index in [4.69, 9.17) is 0 Å². The third-order valence-corrected chi connectivity index (χ3v) is 6.45. The van der Waals surface area contributed by atoms with E-state index in [2.05, 4.69) is 36.6 Å². The molecule has 1 aromatic heterocycles. The highest BCUT2D eigenvalue weighted by Crippen LogP contribution is 2.24. The Hall–Kier alpha value is -2.56. The van der Waals surface area contributed by atoms with E-state index in [1.807, 2.05) is 47.3 Å². The van der Waals surface area contributed by atoms with Gasteiger partial charge in [-0.15, -0.1) is 0 Å². The quantitative estimate of drug-likeness (QED) is 0.536. The van der Waals surface area contributed by atoms with E-state index >= 15 is 0 Å². The van der Waals surface area contributed by atoms with E-state index in [1.165, 1.54) is 12.0 Å². The predicted molar refractivity (Wildman–Crippen MR) is 129 cm³/mol. The predicted octanol–water partition coefficient (Wildman–Crippen LogP) is 4.80. The second-order valence-electron chi connectivity index (χ2n) is 9.58. The molecule has 0 aliphatic heterocycles. The van der Waals surface area contributed by atoms with Gasteiger partial charge in [0.1, 0.15) is 6.54 Å². The lowest BCUT2D eigenvalue weighted by Crippen LogP contribution is -2.48. The molecule has 0 unspecified atom stereocenters. The van der Waals surface area contributed by atoms with Crippen molar-refractivity contribution in [2.75, 3.05) is 13.1 Å². The normalized spacial score (nSPS) is 14.5. The maximum absolute atomic E-state index is 13.5. The smallest absolute Gasteiger partial charge is 0.242 e. The lowest BCUT2D eigenvalue weighted by molar-refractivity contribution is -0.143. The van der Waals surface area contributed by atoms with Crippen molar-refractivity contribution in [2.45, 2.75) is 71.4 Å². The Morgan fingerprint density at radius 3 is 2.34 bits per heavy atom. The highest BCUT2D eigenvalue weighted by molar-refractivity contribution is 5.85. The van der Waals surface area contributed by atoms with Crippen LogP contribution in [0.3, 0.4) is 0 Å². The standard InChI is InChI=1S/C27H39N3O2/c1-22(2)19-29(20-25-15-10-18-28(25)3)27(32)21-30(24-13-8-5-9-14-24)26(31)17-16-23-11-6-4-7-12-23/h4,6-7,10-12,15,18,22,24H,5,8-9,13-14,16-17,19-21H2,1-3H3. The van der Waals surface area contributed by atoms with E-state index in [0.29, 0.717) is 25.4 Å². The van der Waals surface area contributed by atoms with Gasteiger partial charge in [0.2, 0.25) is 11.8 Å². The van der Waals surface area contributed by atoms with Gasteiger partial charge in [0.25, 0.3) is 0 Å². The lowest BCUT2D eigenvalue weighted by atomic mass is 9.93. The minimum absolute atomic E-state index is 0.0542. The maximum Gasteiger partial charge on any atom is 0.242 e. The lowest BCUT2D eigenvalue weighted by Gasteiger charge is -2.36. The minimum Gasteiger partial charge on any atom is -0.353 e. The average molecular weight is 438 g/mol. The number of carbonyl (C=O) groups is 2. The van der Waals surface area contributed by atoms with Crippen LogP contribution in [0.25, 0.3) is 0 Å². The van der Waals surface area contributed by atoms with Gasteiger partial charge in [-0.1, -0.05) is 63.4 Å². The summed E-state index contributed by atoms with van der Waals surface area (Å²) in [7, 11) is 2.01. The van der Waals surface area contributed by atoms with E-state index in [-0.39, 0.29) is 24.4 Å². The highest BCUT2D eigenvalue weighted by Gasteiger charge is 2.29.